The average molecular weight is 344 g/mol. The zero-order valence-electron chi connectivity index (χ0n) is 12.1. The molecule has 8 nitrogen and oxygen atoms in total. The highest BCUT2D eigenvalue weighted by atomic mass is 32.2. The van der Waals surface area contributed by atoms with Crippen LogP contribution in [0.3, 0.4) is 0 Å². The van der Waals surface area contributed by atoms with Crippen LogP contribution in [-0.2, 0) is 6.42 Å². The summed E-state index contributed by atoms with van der Waals surface area (Å²) in [5.74, 6) is 7.35. The molecular weight excluding hydrogens is 332 g/mol. The Morgan fingerprint density at radius 2 is 2.26 bits per heavy atom. The number of nitrogen functional groups attached to an aromatic ring is 1. The molecule has 4 aromatic heterocycles. The third kappa shape index (κ3) is 2.45. The van der Waals surface area contributed by atoms with Gasteiger partial charge in [-0.25, -0.2) is 9.66 Å². The highest BCUT2D eigenvalue weighted by molar-refractivity contribution is 7.99. The lowest BCUT2D eigenvalue weighted by atomic mass is 10.3. The summed E-state index contributed by atoms with van der Waals surface area (Å²) in [7, 11) is 0. The van der Waals surface area contributed by atoms with E-state index in [1.54, 1.807) is 15.9 Å². The van der Waals surface area contributed by atoms with Gasteiger partial charge in [0.1, 0.15) is 11.4 Å². The van der Waals surface area contributed by atoms with Crippen LogP contribution in [0.15, 0.2) is 40.1 Å². The van der Waals surface area contributed by atoms with Crippen molar-refractivity contribution >= 4 is 28.9 Å². The predicted molar refractivity (Wildman–Crippen MR) is 87.8 cm³/mol. The van der Waals surface area contributed by atoms with E-state index in [0.29, 0.717) is 16.8 Å². The minimum Gasteiger partial charge on any atom is -0.335 e. The number of hydrogen-bond acceptors (Lipinski definition) is 8. The Balaban J connectivity index is 1.75. The van der Waals surface area contributed by atoms with Crippen molar-refractivity contribution in [3.63, 3.8) is 0 Å². The molecule has 0 atom stereocenters. The van der Waals surface area contributed by atoms with Gasteiger partial charge >= 0.3 is 0 Å². The van der Waals surface area contributed by atoms with Gasteiger partial charge in [-0.05, 0) is 35.7 Å². The lowest BCUT2D eigenvalue weighted by Crippen LogP contribution is -2.11. The fourth-order valence-corrected chi connectivity index (χ4v) is 3.67. The minimum absolute atomic E-state index is 0.563. The molecule has 0 amide bonds. The first-order chi connectivity index (χ1) is 11.3. The molecule has 0 unspecified atom stereocenters. The van der Waals surface area contributed by atoms with Crippen molar-refractivity contribution in [2.75, 3.05) is 5.84 Å². The Bertz CT molecular complexity index is 956. The largest absolute Gasteiger partial charge is 0.335 e. The summed E-state index contributed by atoms with van der Waals surface area (Å²) in [5.41, 5.74) is 0.939. The Kier molecular flexibility index (Phi) is 3.46. The smallest absolute Gasteiger partial charge is 0.253 e. The zero-order chi connectivity index (χ0) is 15.8. The second kappa shape index (κ2) is 5.63. The summed E-state index contributed by atoms with van der Waals surface area (Å²) >= 11 is 2.96. The van der Waals surface area contributed by atoms with Gasteiger partial charge in [-0.2, -0.15) is 14.6 Å². The van der Waals surface area contributed by atoms with Crippen LogP contribution < -0.4 is 5.84 Å². The molecule has 0 fully saturated rings. The predicted octanol–water partition coefficient (Wildman–Crippen LogP) is 1.87. The molecule has 0 aliphatic rings. The van der Waals surface area contributed by atoms with Crippen LogP contribution in [0.25, 0.3) is 16.5 Å². The summed E-state index contributed by atoms with van der Waals surface area (Å²) in [6, 6.07) is 5.88. The lowest BCUT2D eigenvalue weighted by Gasteiger charge is -2.05. The normalized spacial score (nSPS) is 11.3. The maximum absolute atomic E-state index is 6.15. The Morgan fingerprint density at radius 3 is 3.04 bits per heavy atom. The molecule has 0 bridgehead atoms. The highest BCUT2D eigenvalue weighted by Gasteiger charge is 2.16. The molecule has 2 N–H and O–H groups in total. The number of thiophene rings is 1. The molecule has 0 aliphatic heterocycles. The van der Waals surface area contributed by atoms with Crippen molar-refractivity contribution in [2.24, 2.45) is 0 Å². The molecule has 23 heavy (non-hydrogen) atoms. The van der Waals surface area contributed by atoms with Crippen molar-refractivity contribution in [2.45, 2.75) is 23.5 Å². The van der Waals surface area contributed by atoms with E-state index in [9.17, 15) is 0 Å². The number of nitrogens with zero attached hydrogens (tertiary/aromatic N) is 7. The Hall–Kier alpha value is -2.46. The summed E-state index contributed by atoms with van der Waals surface area (Å²) in [6.07, 6.45) is 2.29. The van der Waals surface area contributed by atoms with E-state index in [-0.39, 0.29) is 0 Å². The van der Waals surface area contributed by atoms with E-state index in [1.165, 1.54) is 22.8 Å². The molecule has 116 valence electrons. The first-order valence-corrected chi connectivity index (χ1v) is 8.57. The van der Waals surface area contributed by atoms with E-state index >= 15 is 0 Å². The second-order valence-corrected chi connectivity index (χ2v) is 6.60. The average Bonchev–Trinajstić information content (AvgIpc) is 3.28. The van der Waals surface area contributed by atoms with Gasteiger partial charge in [-0.3, -0.25) is 0 Å². The zero-order valence-corrected chi connectivity index (χ0v) is 13.8. The van der Waals surface area contributed by atoms with Gasteiger partial charge in [0.25, 0.3) is 5.78 Å². The molecule has 4 rings (SSSR count). The van der Waals surface area contributed by atoms with Gasteiger partial charge in [-0.1, -0.05) is 13.0 Å². The van der Waals surface area contributed by atoms with E-state index in [4.69, 9.17) is 5.84 Å². The molecule has 0 spiro atoms. The second-order valence-electron chi connectivity index (χ2n) is 4.67. The topological polar surface area (TPSA) is 99.8 Å². The molecule has 0 radical (unpaired) electrons. The highest BCUT2D eigenvalue weighted by Crippen LogP contribution is 2.29. The summed E-state index contributed by atoms with van der Waals surface area (Å²) in [4.78, 5) is 9.55. The first-order valence-electron chi connectivity index (χ1n) is 6.88. The van der Waals surface area contributed by atoms with Crippen LogP contribution in [0.1, 0.15) is 12.6 Å². The maximum atomic E-state index is 6.15. The van der Waals surface area contributed by atoms with Gasteiger partial charge in [0.05, 0.1) is 4.88 Å². The van der Waals surface area contributed by atoms with Crippen LogP contribution in [-0.4, -0.2) is 34.5 Å². The molecule has 0 aliphatic carbocycles. The Morgan fingerprint density at radius 1 is 1.35 bits per heavy atom. The summed E-state index contributed by atoms with van der Waals surface area (Å²) in [6.45, 7) is 2.05. The fraction of sp³-hybridized carbons (Fsp3) is 0.154. The van der Waals surface area contributed by atoms with E-state index < -0.39 is 0 Å². The molecule has 0 saturated carbocycles. The van der Waals surface area contributed by atoms with Crippen molar-refractivity contribution in [3.8, 4) is 10.7 Å². The van der Waals surface area contributed by atoms with Crippen molar-refractivity contribution in [1.82, 2.24) is 34.5 Å². The number of fused-ring (bicyclic) bond motifs is 1. The molecule has 4 aromatic rings. The number of aromatic nitrogens is 7. The summed E-state index contributed by atoms with van der Waals surface area (Å²) < 4.78 is 3.16. The van der Waals surface area contributed by atoms with E-state index in [2.05, 4.69) is 25.3 Å². The molecule has 0 saturated heterocycles. The maximum Gasteiger partial charge on any atom is 0.253 e. The van der Waals surface area contributed by atoms with E-state index in [0.717, 1.165) is 22.0 Å². The fourth-order valence-electron chi connectivity index (χ4n) is 2.10. The van der Waals surface area contributed by atoms with Gasteiger partial charge in [0.15, 0.2) is 5.82 Å². The van der Waals surface area contributed by atoms with Gasteiger partial charge < -0.3 is 5.84 Å². The van der Waals surface area contributed by atoms with Crippen LogP contribution in [0.2, 0.25) is 0 Å². The van der Waals surface area contributed by atoms with Gasteiger partial charge in [-0.15, -0.1) is 21.5 Å². The van der Waals surface area contributed by atoms with E-state index in [1.807, 2.05) is 30.5 Å². The van der Waals surface area contributed by atoms with Crippen LogP contribution in [0.4, 0.5) is 0 Å². The number of hydrogen-bond donors (Lipinski definition) is 1. The number of rotatable bonds is 4. The molecular formula is C13H12N8S2. The van der Waals surface area contributed by atoms with Gasteiger partial charge in [0, 0.05) is 5.69 Å². The van der Waals surface area contributed by atoms with Crippen molar-refractivity contribution in [1.29, 1.82) is 0 Å². The van der Waals surface area contributed by atoms with Gasteiger partial charge in [0.2, 0.25) is 5.16 Å². The number of nitrogens with two attached hydrogens (primary N) is 1. The third-order valence-electron chi connectivity index (χ3n) is 3.24. The minimum atomic E-state index is 0.563. The standard InChI is InChI=1S/C13H12N8S2/c1-2-8-6-10(21-12(17-8)15-7-16-21)23-13-19-18-11(20(13)14)9-4-3-5-22-9/h3-7H,2,14H2,1H3. The number of aryl methyl sites for hydroxylation is 1. The SMILES string of the molecule is CCc1cc(Sc2nnc(-c3cccs3)n2N)n2ncnc2n1. The third-order valence-corrected chi connectivity index (χ3v) is 5.06. The molecule has 10 heteroatoms. The monoisotopic (exact) mass is 344 g/mol. The van der Waals surface area contributed by atoms with Crippen LogP contribution in [0, 0.1) is 0 Å². The summed E-state index contributed by atoms with van der Waals surface area (Å²) in [5, 5.41) is 16.0. The molecule has 0 aromatic carbocycles. The molecule has 4 heterocycles. The van der Waals surface area contributed by atoms with Crippen LogP contribution in [0.5, 0.6) is 0 Å². The van der Waals surface area contributed by atoms with Crippen molar-refractivity contribution in [3.05, 3.63) is 35.6 Å². The van der Waals surface area contributed by atoms with Crippen molar-refractivity contribution < 1.29 is 0 Å². The quantitative estimate of drug-likeness (QED) is 0.445. The lowest BCUT2D eigenvalue weighted by molar-refractivity contribution is 0.806. The van der Waals surface area contributed by atoms with Crippen LogP contribution >= 0.6 is 23.1 Å². The first kappa shape index (κ1) is 14.2. The Labute approximate surface area is 139 Å².